The van der Waals surface area contributed by atoms with Crippen LogP contribution in [-0.4, -0.2) is 22.1 Å². The summed E-state index contributed by atoms with van der Waals surface area (Å²) in [5, 5.41) is 4.32. The van der Waals surface area contributed by atoms with Gasteiger partial charge in [-0.15, -0.1) is 0 Å². The summed E-state index contributed by atoms with van der Waals surface area (Å²) in [5.74, 6) is 0. The molecule has 0 radical (unpaired) electrons. The van der Waals surface area contributed by atoms with Crippen LogP contribution in [-0.2, 0) is 6.54 Å². The van der Waals surface area contributed by atoms with Crippen molar-refractivity contribution in [3.8, 4) is 0 Å². The highest BCUT2D eigenvalue weighted by Gasteiger charge is 2.18. The Morgan fingerprint density at radius 2 is 2.37 bits per heavy atom. The van der Waals surface area contributed by atoms with E-state index in [1.807, 2.05) is 25.1 Å². The minimum atomic E-state index is -0.0400. The SMILES string of the molecule is Cc1cccc2nc(Cl)n(CC3CCCN3)c(=O)c12. The standard InChI is InChI=1S/C14H16ClN3O/c1-9-4-2-6-11-12(9)13(19)18(14(15)17-11)8-10-5-3-7-16-10/h2,4,6,10,16H,3,5,7-8H2,1H3. The Balaban J connectivity index is 2.13. The van der Waals surface area contributed by atoms with Gasteiger partial charge >= 0.3 is 0 Å². The molecule has 0 spiro atoms. The molecule has 1 N–H and O–H groups in total. The van der Waals surface area contributed by atoms with Crippen molar-refractivity contribution in [1.82, 2.24) is 14.9 Å². The number of hydrogen-bond acceptors (Lipinski definition) is 3. The van der Waals surface area contributed by atoms with Crippen LogP contribution < -0.4 is 10.9 Å². The van der Waals surface area contributed by atoms with Crippen molar-refractivity contribution in [2.45, 2.75) is 32.4 Å². The molecule has 0 aliphatic carbocycles. The zero-order chi connectivity index (χ0) is 13.4. The Labute approximate surface area is 116 Å². The highest BCUT2D eigenvalue weighted by molar-refractivity contribution is 6.28. The summed E-state index contributed by atoms with van der Waals surface area (Å²) in [6.45, 7) is 3.53. The second-order valence-corrected chi connectivity index (χ2v) is 5.40. The lowest BCUT2D eigenvalue weighted by molar-refractivity contribution is 0.498. The third-order valence-corrected chi connectivity index (χ3v) is 4.00. The highest BCUT2D eigenvalue weighted by Crippen LogP contribution is 2.16. The molecule has 0 amide bonds. The average molecular weight is 278 g/mol. The summed E-state index contributed by atoms with van der Waals surface area (Å²) >= 11 is 6.16. The quantitative estimate of drug-likeness (QED) is 0.856. The summed E-state index contributed by atoms with van der Waals surface area (Å²) in [6.07, 6.45) is 2.23. The molecule has 1 atom stereocenters. The first-order chi connectivity index (χ1) is 9.16. The van der Waals surface area contributed by atoms with Gasteiger partial charge < -0.3 is 5.32 Å². The molecule has 1 unspecified atom stereocenters. The van der Waals surface area contributed by atoms with E-state index in [-0.39, 0.29) is 10.8 Å². The maximum absolute atomic E-state index is 12.6. The van der Waals surface area contributed by atoms with Crippen molar-refractivity contribution in [1.29, 1.82) is 0 Å². The first-order valence-electron chi connectivity index (χ1n) is 6.56. The van der Waals surface area contributed by atoms with Gasteiger partial charge in [0.15, 0.2) is 0 Å². The molecule has 1 saturated heterocycles. The van der Waals surface area contributed by atoms with Gasteiger partial charge in [0.1, 0.15) is 0 Å². The molecule has 0 bridgehead atoms. The number of nitrogens with one attached hydrogen (secondary N) is 1. The zero-order valence-electron chi connectivity index (χ0n) is 10.8. The third-order valence-electron chi connectivity index (χ3n) is 3.71. The molecule has 1 aliphatic rings. The Morgan fingerprint density at radius 1 is 1.53 bits per heavy atom. The highest BCUT2D eigenvalue weighted by atomic mass is 35.5. The van der Waals surface area contributed by atoms with E-state index in [2.05, 4.69) is 10.3 Å². The van der Waals surface area contributed by atoms with Crippen LogP contribution in [0, 0.1) is 6.92 Å². The Morgan fingerprint density at radius 3 is 3.11 bits per heavy atom. The number of fused-ring (bicyclic) bond motifs is 1. The fourth-order valence-corrected chi connectivity index (χ4v) is 2.93. The molecule has 1 aromatic heterocycles. The van der Waals surface area contributed by atoms with Gasteiger partial charge in [0.25, 0.3) is 5.56 Å². The summed E-state index contributed by atoms with van der Waals surface area (Å²) in [7, 11) is 0. The van der Waals surface area contributed by atoms with Gasteiger partial charge in [-0.05, 0) is 49.5 Å². The number of hydrogen-bond donors (Lipinski definition) is 1. The van der Waals surface area contributed by atoms with Crippen molar-refractivity contribution >= 4 is 22.5 Å². The maximum Gasteiger partial charge on any atom is 0.262 e. The predicted molar refractivity (Wildman–Crippen MR) is 76.8 cm³/mol. The van der Waals surface area contributed by atoms with Gasteiger partial charge in [-0.3, -0.25) is 9.36 Å². The van der Waals surface area contributed by atoms with Gasteiger partial charge in [0, 0.05) is 12.6 Å². The van der Waals surface area contributed by atoms with E-state index in [0.717, 1.165) is 24.9 Å². The first kappa shape index (κ1) is 12.6. The normalized spacial score (nSPS) is 19.2. The molecule has 5 heteroatoms. The lowest BCUT2D eigenvalue weighted by Gasteiger charge is -2.14. The Bertz CT molecular complexity index is 674. The van der Waals surface area contributed by atoms with Crippen molar-refractivity contribution < 1.29 is 0 Å². The number of halogens is 1. The molecular formula is C14H16ClN3O. The first-order valence-corrected chi connectivity index (χ1v) is 6.93. The minimum Gasteiger partial charge on any atom is -0.312 e. The number of aryl methyl sites for hydroxylation is 1. The van der Waals surface area contributed by atoms with Crippen LogP contribution in [0.5, 0.6) is 0 Å². The fraction of sp³-hybridized carbons (Fsp3) is 0.429. The third kappa shape index (κ3) is 2.26. The van der Waals surface area contributed by atoms with Crippen LogP contribution in [0.3, 0.4) is 0 Å². The van der Waals surface area contributed by atoms with Gasteiger partial charge in [0.05, 0.1) is 10.9 Å². The topological polar surface area (TPSA) is 46.9 Å². The molecule has 100 valence electrons. The molecule has 2 aromatic rings. The van der Waals surface area contributed by atoms with Crippen molar-refractivity contribution in [3.05, 3.63) is 39.4 Å². The summed E-state index contributed by atoms with van der Waals surface area (Å²) in [6, 6.07) is 5.97. The lowest BCUT2D eigenvalue weighted by Crippen LogP contribution is -2.33. The monoisotopic (exact) mass is 277 g/mol. The van der Waals surface area contributed by atoms with E-state index >= 15 is 0 Å². The van der Waals surface area contributed by atoms with E-state index in [0.29, 0.717) is 23.5 Å². The van der Waals surface area contributed by atoms with Crippen LogP contribution in [0.25, 0.3) is 10.9 Å². The van der Waals surface area contributed by atoms with Crippen LogP contribution in [0.4, 0.5) is 0 Å². The molecular weight excluding hydrogens is 262 g/mol. The van der Waals surface area contributed by atoms with E-state index in [4.69, 9.17) is 11.6 Å². The maximum atomic E-state index is 12.6. The Kier molecular flexibility index (Phi) is 3.29. The van der Waals surface area contributed by atoms with Gasteiger partial charge in [0.2, 0.25) is 5.28 Å². The average Bonchev–Trinajstić information content (AvgIpc) is 2.87. The van der Waals surface area contributed by atoms with Crippen molar-refractivity contribution in [2.75, 3.05) is 6.54 Å². The van der Waals surface area contributed by atoms with Crippen molar-refractivity contribution in [2.24, 2.45) is 0 Å². The summed E-state index contributed by atoms with van der Waals surface area (Å²) in [5.41, 5.74) is 1.58. The van der Waals surface area contributed by atoms with E-state index in [1.54, 1.807) is 4.57 Å². The van der Waals surface area contributed by atoms with Gasteiger partial charge in [-0.1, -0.05) is 12.1 Å². The van der Waals surface area contributed by atoms with Crippen LogP contribution >= 0.6 is 11.6 Å². The summed E-state index contributed by atoms with van der Waals surface area (Å²) in [4.78, 5) is 16.9. The predicted octanol–water partition coefficient (Wildman–Crippen LogP) is 2.11. The molecule has 4 nitrogen and oxygen atoms in total. The molecule has 3 rings (SSSR count). The number of aromatic nitrogens is 2. The van der Waals surface area contributed by atoms with E-state index < -0.39 is 0 Å². The molecule has 0 saturated carbocycles. The van der Waals surface area contributed by atoms with Crippen LogP contribution in [0.1, 0.15) is 18.4 Å². The van der Waals surface area contributed by atoms with Crippen molar-refractivity contribution in [3.63, 3.8) is 0 Å². The van der Waals surface area contributed by atoms with Gasteiger partial charge in [-0.2, -0.15) is 0 Å². The zero-order valence-corrected chi connectivity index (χ0v) is 11.6. The van der Waals surface area contributed by atoms with E-state index in [9.17, 15) is 4.79 Å². The number of rotatable bonds is 2. The molecule has 2 heterocycles. The second kappa shape index (κ2) is 4.94. The van der Waals surface area contributed by atoms with Gasteiger partial charge in [-0.25, -0.2) is 4.98 Å². The number of nitrogens with zero attached hydrogens (tertiary/aromatic N) is 2. The minimum absolute atomic E-state index is 0.0400. The fourth-order valence-electron chi connectivity index (χ4n) is 2.69. The molecule has 1 fully saturated rings. The molecule has 1 aliphatic heterocycles. The lowest BCUT2D eigenvalue weighted by atomic mass is 10.1. The smallest absolute Gasteiger partial charge is 0.262 e. The molecule has 19 heavy (non-hydrogen) atoms. The van der Waals surface area contributed by atoms with E-state index in [1.165, 1.54) is 0 Å². The Hall–Kier alpha value is -1.39. The van der Waals surface area contributed by atoms with Crippen LogP contribution in [0.15, 0.2) is 23.0 Å². The molecule has 1 aromatic carbocycles. The largest absolute Gasteiger partial charge is 0.312 e. The van der Waals surface area contributed by atoms with Crippen LogP contribution in [0.2, 0.25) is 5.28 Å². The second-order valence-electron chi connectivity index (χ2n) is 5.06. The number of benzene rings is 1. The summed E-state index contributed by atoms with van der Waals surface area (Å²) < 4.78 is 1.58.